The molecule has 6 rings (SSSR count). The maximum absolute atomic E-state index is 15.2. The van der Waals surface area contributed by atoms with Gasteiger partial charge >= 0.3 is 6.09 Å². The van der Waals surface area contributed by atoms with Gasteiger partial charge in [-0.1, -0.05) is 6.92 Å². The van der Waals surface area contributed by atoms with Crippen molar-refractivity contribution in [2.45, 2.75) is 163 Å². The Morgan fingerprint density at radius 2 is 1.46 bits per heavy atom. The van der Waals surface area contributed by atoms with Crippen LogP contribution in [-0.4, -0.2) is 255 Å². The minimum Gasteiger partial charge on any atom is -0.441 e. The number of hydrogen-bond acceptors (Lipinski definition) is 32. The zero-order valence-corrected chi connectivity index (χ0v) is 53.4. The summed E-state index contributed by atoms with van der Waals surface area (Å²) >= 11 is 2.49. The molecule has 39 nitrogen and oxygen atoms in total. The van der Waals surface area contributed by atoms with Crippen LogP contribution in [0.2, 0.25) is 0 Å². The lowest BCUT2D eigenvalue weighted by Crippen LogP contribution is -2.65. The van der Waals surface area contributed by atoms with Gasteiger partial charge in [0, 0.05) is 48.8 Å². The van der Waals surface area contributed by atoms with Gasteiger partial charge in [-0.05, 0) is 40.2 Å². The van der Waals surface area contributed by atoms with Crippen molar-refractivity contribution in [3.05, 3.63) is 56.8 Å². The lowest BCUT2D eigenvalue weighted by Gasteiger charge is -2.47. The van der Waals surface area contributed by atoms with Gasteiger partial charge in [-0.3, -0.25) is 33.6 Å². The topological polar surface area (TPSA) is 653 Å². The van der Waals surface area contributed by atoms with E-state index >= 15 is 4.79 Å². The largest absolute Gasteiger partial charge is 0.441 e. The van der Waals surface area contributed by atoms with E-state index in [1.807, 2.05) is 0 Å². The Morgan fingerprint density at radius 3 is 2.09 bits per heavy atom. The number of nitrogen functional groups attached to an aromatic ring is 1. The van der Waals surface area contributed by atoms with E-state index in [1.165, 1.54) is 50.4 Å². The molecule has 0 radical (unpaired) electrons. The number of imidazole rings is 1. The number of nitrogens with two attached hydrogens (primary N) is 6. The Labute approximate surface area is 549 Å². The van der Waals surface area contributed by atoms with Crippen LogP contribution in [0.1, 0.15) is 95.2 Å². The first-order valence-corrected chi connectivity index (χ1v) is 31.4. The number of primary amides is 3. The third-order valence-electron chi connectivity index (χ3n) is 15.2. The molecule has 0 saturated carbocycles. The number of anilines is 1. The quantitative estimate of drug-likeness (QED) is 0.0190. The van der Waals surface area contributed by atoms with Crippen molar-refractivity contribution in [2.75, 3.05) is 45.1 Å². The van der Waals surface area contributed by atoms with E-state index < -0.39 is 183 Å². The molecule has 27 N–H and O–H groups in total. The smallest absolute Gasteiger partial charge is 0.404 e. The molecule has 0 spiro atoms. The number of hydrogen-bond donors (Lipinski definition) is 21. The zero-order valence-electron chi connectivity index (χ0n) is 51.8. The lowest BCUT2D eigenvalue weighted by atomic mass is 9.96. The summed E-state index contributed by atoms with van der Waals surface area (Å²) in [5, 5.41) is 108. The van der Waals surface area contributed by atoms with Crippen molar-refractivity contribution in [2.24, 2.45) is 34.6 Å². The van der Waals surface area contributed by atoms with Crippen molar-refractivity contribution in [1.29, 1.82) is 0 Å². The number of carbonyl (C=O) groups excluding carboxylic acids is 8. The predicted molar refractivity (Wildman–Crippen MR) is 328 cm³/mol. The van der Waals surface area contributed by atoms with Crippen LogP contribution >= 0.6 is 22.7 Å². The first-order chi connectivity index (χ1) is 45.0. The molecular weight excluding hydrogens is 1300 g/mol. The van der Waals surface area contributed by atoms with Crippen LogP contribution in [0.25, 0.3) is 10.7 Å². The number of nitrogens with one attached hydrogen (secondary N) is 7. The fourth-order valence-electron chi connectivity index (χ4n) is 9.71. The Hall–Kier alpha value is -7.69. The van der Waals surface area contributed by atoms with Crippen molar-refractivity contribution in [3.8, 4) is 10.7 Å². The fourth-order valence-corrected chi connectivity index (χ4v) is 11.3. The Morgan fingerprint density at radius 1 is 0.768 bits per heavy atom. The molecule has 0 aromatic carbocycles. The molecule has 41 heteroatoms. The van der Waals surface area contributed by atoms with Crippen LogP contribution in [0.15, 0.2) is 23.3 Å². The van der Waals surface area contributed by atoms with E-state index in [0.29, 0.717) is 35.2 Å². The predicted octanol–water partition coefficient (Wildman–Crippen LogP) is -8.23. The highest BCUT2D eigenvalue weighted by Crippen LogP contribution is 2.35. The summed E-state index contributed by atoms with van der Waals surface area (Å²) in [6.07, 6.45) is -23.7. The van der Waals surface area contributed by atoms with Crippen LogP contribution in [0.4, 0.5) is 10.6 Å². The lowest BCUT2D eigenvalue weighted by molar-refractivity contribution is -0.372. The van der Waals surface area contributed by atoms with E-state index in [2.05, 4.69) is 61.8 Å². The third kappa shape index (κ3) is 20.2. The Balaban J connectivity index is 1.27. The number of aliphatic hydroxyl groups is 8. The maximum atomic E-state index is 15.2. The number of unbranched alkanes of at least 4 members (excludes halogenated alkanes) is 1. The summed E-state index contributed by atoms with van der Waals surface area (Å²) in [6, 6.07) is -7.86. The molecule has 4 aromatic heterocycles. The van der Waals surface area contributed by atoms with E-state index in [4.69, 9.17) is 58.1 Å². The van der Waals surface area contributed by atoms with Crippen molar-refractivity contribution < 1.29 is 103 Å². The Bertz CT molecular complexity index is 3240. The highest BCUT2D eigenvalue weighted by Gasteiger charge is 2.54. The van der Waals surface area contributed by atoms with Gasteiger partial charge in [0.2, 0.25) is 29.5 Å². The second-order valence-corrected chi connectivity index (χ2v) is 24.1. The van der Waals surface area contributed by atoms with Crippen LogP contribution in [-0.2, 0) is 54.1 Å². The molecule has 4 aromatic rings. The molecule has 10 unspecified atom stereocenters. The molecule has 19 atom stereocenters. The molecule has 8 amide bonds. The van der Waals surface area contributed by atoms with Gasteiger partial charge < -0.3 is 136 Å². The van der Waals surface area contributed by atoms with Gasteiger partial charge in [0.25, 0.3) is 11.8 Å². The van der Waals surface area contributed by atoms with Crippen LogP contribution < -0.4 is 66.3 Å². The van der Waals surface area contributed by atoms with Crippen molar-refractivity contribution >= 4 is 75.9 Å². The molecule has 0 aliphatic carbocycles. The van der Waals surface area contributed by atoms with Crippen LogP contribution in [0.3, 0.4) is 0 Å². The van der Waals surface area contributed by atoms with Crippen LogP contribution in [0, 0.1) is 12.8 Å². The number of aromatic nitrogens is 6. The molecule has 95 heavy (non-hydrogen) atoms. The van der Waals surface area contributed by atoms with Crippen LogP contribution in [0.5, 0.6) is 0 Å². The Kier molecular flexibility index (Phi) is 28.4. The highest BCUT2D eigenvalue weighted by molar-refractivity contribution is 7.14. The number of ether oxygens (including phenoxy) is 5. The summed E-state index contributed by atoms with van der Waals surface area (Å²) in [5.41, 5.74) is 33.5. The summed E-state index contributed by atoms with van der Waals surface area (Å²) in [5.74, 6) is -8.75. The average Bonchev–Trinajstić information content (AvgIpc) is 1.21. The number of amides is 8. The van der Waals surface area contributed by atoms with E-state index in [0.717, 1.165) is 18.9 Å². The minimum absolute atomic E-state index is 0.0131. The number of rotatable bonds is 35. The van der Waals surface area contributed by atoms with Gasteiger partial charge in [-0.15, -0.1) is 22.7 Å². The number of aliphatic hydroxyl groups excluding tert-OH is 8. The van der Waals surface area contributed by atoms with E-state index in [-0.39, 0.29) is 54.0 Å². The third-order valence-corrected chi connectivity index (χ3v) is 17.0. The van der Waals surface area contributed by atoms with Gasteiger partial charge in [0.15, 0.2) is 18.7 Å². The van der Waals surface area contributed by atoms with E-state index in [1.54, 1.807) is 10.8 Å². The fraction of sp³-hybridized carbons (Fsp3) is 0.611. The number of H-pyrrole nitrogens is 1. The molecule has 526 valence electrons. The van der Waals surface area contributed by atoms with Gasteiger partial charge in [-0.2, -0.15) is 0 Å². The second-order valence-electron chi connectivity index (χ2n) is 22.3. The summed E-state index contributed by atoms with van der Waals surface area (Å²) in [4.78, 5) is 130. The highest BCUT2D eigenvalue weighted by atomic mass is 32.1. The molecular formula is C54H82N18O21S2. The zero-order chi connectivity index (χ0) is 70.1. The summed E-state index contributed by atoms with van der Waals surface area (Å²) < 4.78 is 28.7. The molecule has 2 aliphatic rings. The van der Waals surface area contributed by atoms with Crippen molar-refractivity contribution in [3.63, 3.8) is 0 Å². The van der Waals surface area contributed by atoms with Gasteiger partial charge in [0.05, 0.1) is 72.7 Å². The summed E-state index contributed by atoms with van der Waals surface area (Å²) in [6.45, 7) is 3.57. The minimum atomic E-state index is -2.20. The SMILES string of the molecule is Cc1c(N)nc([C@H](CC(N)=O)NC[C@H](N)C(N)=O)nc1C(=O)N[C@H](C(=O)N[C@H](C)[C@@H](O)[C@H](C)C(=O)N[C@H](C(=O)NCCc1nc(-c2nc(C(=O)NCCCCN)cs2)cs1)[C@@H](C)O)[C@@H](OC1OC(CO)C(O)C(O)C1OC1OC(CO)C(O)C(OC(N)=O)C1O)c1cnc[nH]1. The number of thiazole rings is 2. The van der Waals surface area contributed by atoms with Gasteiger partial charge in [0.1, 0.15) is 94.6 Å². The summed E-state index contributed by atoms with van der Waals surface area (Å²) in [7, 11) is 0. The molecule has 6 heterocycles. The normalized spacial score (nSPS) is 24.1. The van der Waals surface area contributed by atoms with Gasteiger partial charge in [-0.25, -0.2) is 29.7 Å². The molecule has 2 aliphatic heterocycles. The first kappa shape index (κ1) is 76.3. The maximum Gasteiger partial charge on any atom is 0.404 e. The number of aromatic amines is 1. The number of nitrogens with zero attached hydrogens (tertiary/aromatic N) is 5. The number of carbonyl (C=O) groups is 8. The molecule has 2 fully saturated rings. The molecule has 0 bridgehead atoms. The average molecular weight is 1380 g/mol. The standard InChI is InChI=1S/C54H82N18O21S2/c1-19-32(69-45(72-43(19)58)24(11-30(57)76)64-12-23(56)44(59)82)49(86)71-34(40(25-13-61-18-65-25)91-53-42(38(80)36(78)28(14-73)90-53)92-52-39(81)41(93-54(60)88)37(79)29(15-74)89-52)50(87)66-21(3)35(77)20(2)46(83)70-33(22(4)75)48(85)63-10-7-31-67-27(17-94-31)51-68-26(16-95-51)47(84)62-9-6-5-8-55/h13,16-18,20-24,28-29,33-42,52-53,64,73-75,77-81H,5-12,14-15,55-56H2,1-4H3,(H2,57,76)(H2,59,82)(H2,60,88)(H,61,65)(H,62,84)(H,63,85)(H,66,87)(H,70,83)(H,71,86)(H2,58,69,72)/t20-,21+,22+,23-,24-,28?,29?,33-,34-,35-,36?,37?,38?,39?,40-,41?,42?,52?,53?/m0/s1. The first-order valence-electron chi connectivity index (χ1n) is 29.6. The van der Waals surface area contributed by atoms with Crippen molar-refractivity contribution in [1.82, 2.24) is 61.8 Å². The van der Waals surface area contributed by atoms with E-state index in [9.17, 15) is 74.4 Å². The monoisotopic (exact) mass is 1380 g/mol. The second kappa shape index (κ2) is 35.3. The molecule has 2 saturated heterocycles.